The molecule has 2 atom stereocenters. The van der Waals surface area contributed by atoms with E-state index in [1.165, 1.54) is 0 Å². The lowest BCUT2D eigenvalue weighted by Crippen LogP contribution is -2.34. The number of carbonyl (C=O) groups is 1. The van der Waals surface area contributed by atoms with Gasteiger partial charge in [-0.15, -0.1) is 0 Å². The molecule has 0 fully saturated rings. The molecule has 0 saturated heterocycles. The number of aliphatic hydroxyl groups is 1. The zero-order chi connectivity index (χ0) is 16.4. The molecule has 1 aliphatic rings. The van der Waals surface area contributed by atoms with E-state index in [-0.39, 0.29) is 18.4 Å². The van der Waals surface area contributed by atoms with E-state index in [1.54, 1.807) is 25.3 Å². The minimum atomic E-state index is -0.595. The van der Waals surface area contributed by atoms with Crippen molar-refractivity contribution in [2.45, 2.75) is 25.0 Å². The van der Waals surface area contributed by atoms with Gasteiger partial charge in [-0.05, 0) is 28.8 Å². The number of amides is 1. The van der Waals surface area contributed by atoms with Crippen LogP contribution < -0.4 is 10.1 Å². The highest BCUT2D eigenvalue weighted by atomic mass is 35.5. The van der Waals surface area contributed by atoms with Crippen LogP contribution in [0.15, 0.2) is 42.5 Å². The molecule has 4 nitrogen and oxygen atoms in total. The lowest BCUT2D eigenvalue weighted by atomic mass is 10.1. The third-order valence-electron chi connectivity index (χ3n) is 4.13. The van der Waals surface area contributed by atoms with Crippen LogP contribution in [0.4, 0.5) is 0 Å². The van der Waals surface area contributed by atoms with Crippen LogP contribution >= 0.6 is 11.6 Å². The summed E-state index contributed by atoms with van der Waals surface area (Å²) >= 11 is 6.17. The van der Waals surface area contributed by atoms with Crippen molar-refractivity contribution in [1.29, 1.82) is 0 Å². The largest absolute Gasteiger partial charge is 0.497 e. The fraction of sp³-hybridized carbons (Fsp3) is 0.278. The minimum absolute atomic E-state index is 0.161. The highest BCUT2D eigenvalue weighted by molar-refractivity contribution is 6.31. The van der Waals surface area contributed by atoms with Crippen LogP contribution in [0.2, 0.25) is 5.02 Å². The van der Waals surface area contributed by atoms with Gasteiger partial charge in [0.1, 0.15) is 5.75 Å². The molecule has 0 aromatic heterocycles. The lowest BCUT2D eigenvalue weighted by Gasteiger charge is -2.18. The molecule has 5 heteroatoms. The van der Waals surface area contributed by atoms with Gasteiger partial charge in [0.05, 0.1) is 25.7 Å². The summed E-state index contributed by atoms with van der Waals surface area (Å²) in [4.78, 5) is 12.3. The van der Waals surface area contributed by atoms with Crippen LogP contribution in [0, 0.1) is 0 Å². The first kappa shape index (κ1) is 15.8. The summed E-state index contributed by atoms with van der Waals surface area (Å²) in [7, 11) is 1.57. The third kappa shape index (κ3) is 3.33. The molecule has 0 aliphatic heterocycles. The summed E-state index contributed by atoms with van der Waals surface area (Å²) in [5, 5.41) is 13.6. The molecule has 0 spiro atoms. The molecule has 2 N–H and O–H groups in total. The van der Waals surface area contributed by atoms with E-state index in [0.717, 1.165) is 16.7 Å². The van der Waals surface area contributed by atoms with Gasteiger partial charge in [0.2, 0.25) is 5.91 Å². The standard InChI is InChI=1S/C18H18ClNO3/c1-23-13-7-6-12(15(19)10-13)9-17(22)20-18-14-5-3-2-4-11(14)8-16(18)21/h2-7,10,16,18,21H,8-9H2,1H3,(H,20,22). The first-order valence-corrected chi connectivity index (χ1v) is 7.84. The highest BCUT2D eigenvalue weighted by Crippen LogP contribution is 2.31. The molecule has 0 heterocycles. The Hall–Kier alpha value is -2.04. The zero-order valence-corrected chi connectivity index (χ0v) is 13.5. The number of rotatable bonds is 4. The van der Waals surface area contributed by atoms with Gasteiger partial charge in [0.25, 0.3) is 0 Å². The second kappa shape index (κ2) is 6.60. The molecule has 0 bridgehead atoms. The second-order valence-corrected chi connectivity index (χ2v) is 6.06. The van der Waals surface area contributed by atoms with Crippen molar-refractivity contribution in [3.63, 3.8) is 0 Å². The maximum Gasteiger partial charge on any atom is 0.225 e. The molecule has 0 saturated carbocycles. The van der Waals surface area contributed by atoms with Crippen LogP contribution in [-0.2, 0) is 17.6 Å². The maximum absolute atomic E-state index is 12.3. The molecule has 1 amide bonds. The summed E-state index contributed by atoms with van der Waals surface area (Å²) in [6.45, 7) is 0. The third-order valence-corrected chi connectivity index (χ3v) is 4.48. The summed E-state index contributed by atoms with van der Waals surface area (Å²) in [6, 6.07) is 12.6. The first-order chi connectivity index (χ1) is 11.1. The Bertz CT molecular complexity index is 732. The van der Waals surface area contributed by atoms with Crippen molar-refractivity contribution in [1.82, 2.24) is 5.32 Å². The van der Waals surface area contributed by atoms with Gasteiger partial charge in [0, 0.05) is 11.4 Å². The Morgan fingerprint density at radius 3 is 2.87 bits per heavy atom. The average Bonchev–Trinajstić information content (AvgIpc) is 2.85. The topological polar surface area (TPSA) is 58.6 Å². The lowest BCUT2D eigenvalue weighted by molar-refractivity contribution is -0.121. The van der Waals surface area contributed by atoms with Gasteiger partial charge in [-0.2, -0.15) is 0 Å². The van der Waals surface area contributed by atoms with E-state index in [0.29, 0.717) is 17.2 Å². The van der Waals surface area contributed by atoms with Crippen LogP contribution in [0.1, 0.15) is 22.7 Å². The van der Waals surface area contributed by atoms with Crippen LogP contribution in [0.5, 0.6) is 5.75 Å². The van der Waals surface area contributed by atoms with Crippen molar-refractivity contribution >= 4 is 17.5 Å². The molecule has 2 unspecified atom stereocenters. The van der Waals surface area contributed by atoms with E-state index in [9.17, 15) is 9.90 Å². The van der Waals surface area contributed by atoms with E-state index in [2.05, 4.69) is 5.32 Å². The number of hydrogen-bond donors (Lipinski definition) is 2. The summed E-state index contributed by atoms with van der Waals surface area (Å²) in [5.74, 6) is 0.483. The van der Waals surface area contributed by atoms with E-state index < -0.39 is 6.10 Å². The summed E-state index contributed by atoms with van der Waals surface area (Å²) < 4.78 is 5.10. The number of ether oxygens (including phenoxy) is 1. The predicted molar refractivity (Wildman–Crippen MR) is 88.7 cm³/mol. The van der Waals surface area contributed by atoms with E-state index in [1.807, 2.05) is 24.3 Å². The molecule has 23 heavy (non-hydrogen) atoms. The normalized spacial score (nSPS) is 19.3. The smallest absolute Gasteiger partial charge is 0.225 e. The number of hydrogen-bond acceptors (Lipinski definition) is 3. The van der Waals surface area contributed by atoms with Crippen LogP contribution in [0.3, 0.4) is 0 Å². The van der Waals surface area contributed by atoms with Crippen LogP contribution in [0.25, 0.3) is 0 Å². The molecule has 0 radical (unpaired) electrons. The Balaban J connectivity index is 1.70. The number of carbonyl (C=O) groups excluding carboxylic acids is 1. The first-order valence-electron chi connectivity index (χ1n) is 7.46. The average molecular weight is 332 g/mol. The van der Waals surface area contributed by atoms with Crippen LogP contribution in [-0.4, -0.2) is 24.2 Å². The Kier molecular flexibility index (Phi) is 4.55. The molecular formula is C18H18ClNO3. The van der Waals surface area contributed by atoms with Crippen molar-refractivity contribution in [2.75, 3.05) is 7.11 Å². The summed E-state index contributed by atoms with van der Waals surface area (Å²) in [6.07, 6.45) is 0.126. The van der Waals surface area contributed by atoms with E-state index in [4.69, 9.17) is 16.3 Å². The van der Waals surface area contributed by atoms with Crippen molar-refractivity contribution in [2.24, 2.45) is 0 Å². The Labute approximate surface area is 140 Å². The second-order valence-electron chi connectivity index (χ2n) is 5.65. The molecule has 120 valence electrons. The number of methoxy groups -OCH3 is 1. The maximum atomic E-state index is 12.3. The quantitative estimate of drug-likeness (QED) is 0.905. The van der Waals surface area contributed by atoms with Gasteiger partial charge < -0.3 is 15.2 Å². The number of halogens is 1. The zero-order valence-electron chi connectivity index (χ0n) is 12.8. The number of benzene rings is 2. The number of fused-ring (bicyclic) bond motifs is 1. The molecular weight excluding hydrogens is 314 g/mol. The Morgan fingerprint density at radius 1 is 1.35 bits per heavy atom. The van der Waals surface area contributed by atoms with Gasteiger partial charge in [-0.25, -0.2) is 0 Å². The number of nitrogens with one attached hydrogen (secondary N) is 1. The van der Waals surface area contributed by atoms with Gasteiger partial charge in [-0.1, -0.05) is 41.9 Å². The minimum Gasteiger partial charge on any atom is -0.497 e. The van der Waals surface area contributed by atoms with Crippen molar-refractivity contribution in [3.05, 3.63) is 64.2 Å². The molecule has 3 rings (SSSR count). The molecule has 2 aromatic rings. The van der Waals surface area contributed by atoms with Gasteiger partial charge in [-0.3, -0.25) is 4.79 Å². The number of aliphatic hydroxyl groups excluding tert-OH is 1. The molecule has 2 aromatic carbocycles. The van der Waals surface area contributed by atoms with Gasteiger partial charge in [0.15, 0.2) is 0 Å². The van der Waals surface area contributed by atoms with E-state index >= 15 is 0 Å². The summed E-state index contributed by atoms with van der Waals surface area (Å²) in [5.41, 5.74) is 2.78. The highest BCUT2D eigenvalue weighted by Gasteiger charge is 2.31. The fourth-order valence-corrected chi connectivity index (χ4v) is 3.18. The van der Waals surface area contributed by atoms with Crippen molar-refractivity contribution < 1.29 is 14.6 Å². The molecule has 1 aliphatic carbocycles. The Morgan fingerprint density at radius 2 is 2.13 bits per heavy atom. The fourth-order valence-electron chi connectivity index (χ4n) is 2.94. The van der Waals surface area contributed by atoms with Crippen molar-refractivity contribution in [3.8, 4) is 5.75 Å². The SMILES string of the molecule is COc1ccc(CC(=O)NC2c3ccccc3CC2O)c(Cl)c1. The monoisotopic (exact) mass is 331 g/mol. The predicted octanol–water partition coefficient (Wildman–Crippen LogP) is 2.67. The van der Waals surface area contributed by atoms with Gasteiger partial charge >= 0.3 is 0 Å².